The fourth-order valence-electron chi connectivity index (χ4n) is 12.3. The molecule has 3 aromatic heterocycles. The first-order valence-corrected chi connectivity index (χ1v) is 37.3. The van der Waals surface area contributed by atoms with Crippen LogP contribution in [0.25, 0.3) is 20.5 Å². The molecule has 4 fully saturated rings. The zero-order valence-corrected chi connectivity index (χ0v) is 57.7. The molecule has 0 spiro atoms. The zero-order chi connectivity index (χ0) is 66.6. The van der Waals surface area contributed by atoms with Gasteiger partial charge in [-0.2, -0.15) is 8.78 Å². The maximum atomic E-state index is 16.5. The number of amides is 5. The van der Waals surface area contributed by atoms with Crippen LogP contribution in [0.15, 0.2) is 72.5 Å². The number of pyridine rings is 1. The first-order chi connectivity index (χ1) is 44.5. The standard InChI is InChI=1S/C66H85F2N8O12PS4/c1-7-12-56(78)90-30-28-87-89(85,88-29-31-91-57(79)13-8-2)66(67,68)46-20-23-54-44(32-46)33-55(93-54)61(81)73-50-15-11-14-47-21-22-51(76(47)62(50)82)63(83)74-37-45(38-74)49-36-69-26-24-53(49)86-27-10-9-25-70-59(65(4,5)6)64(84)75-39-48(77)34-52(75)60(80)71-35-42-16-18-43(19-17-42)58-41(3)72-40-92-58/h16-20,23-24,26,32-33,36,40,45,47-48,50-52,59,70,77H,7-15,21-22,25,27-31,34-35,37-39H2,1-6H3,(H,71,80)(H,73,81)/t47-,48+,50-,51-,52-,59+/m0/s1. The van der Waals surface area contributed by atoms with Crippen LogP contribution in [0.5, 0.6) is 5.75 Å². The van der Waals surface area contributed by atoms with E-state index in [1.807, 2.05) is 77.4 Å². The van der Waals surface area contributed by atoms with Gasteiger partial charge < -0.3 is 49.5 Å². The number of likely N-dealkylation sites (tertiary alicyclic amines) is 2. The second kappa shape index (κ2) is 32.4. The van der Waals surface area contributed by atoms with Crippen LogP contribution >= 0.6 is 53.8 Å². The summed E-state index contributed by atoms with van der Waals surface area (Å²) in [6, 6.07) is 11.5. The molecule has 6 atom stereocenters. The van der Waals surface area contributed by atoms with E-state index in [1.54, 1.807) is 33.5 Å². The predicted molar refractivity (Wildman–Crippen MR) is 359 cm³/mol. The lowest BCUT2D eigenvalue weighted by molar-refractivity contribution is -0.148. The number of halogens is 2. The summed E-state index contributed by atoms with van der Waals surface area (Å²) in [6.45, 7) is 12.6. The van der Waals surface area contributed by atoms with Crippen molar-refractivity contribution in [1.82, 2.24) is 40.6 Å². The van der Waals surface area contributed by atoms with Gasteiger partial charge in [0.05, 0.1) is 52.9 Å². The molecule has 504 valence electrons. The Bertz CT molecular complexity index is 3480. The number of aryl methyl sites for hydroxylation is 1. The highest BCUT2D eigenvalue weighted by atomic mass is 32.2. The number of thioether (sulfide) groups is 2. The van der Waals surface area contributed by atoms with Crippen LogP contribution in [0.1, 0.15) is 150 Å². The average molecular weight is 1380 g/mol. The maximum Gasteiger partial charge on any atom is 0.404 e. The van der Waals surface area contributed by atoms with Gasteiger partial charge in [0.25, 0.3) is 5.91 Å². The van der Waals surface area contributed by atoms with Crippen molar-refractivity contribution in [3.63, 3.8) is 0 Å². The van der Waals surface area contributed by atoms with E-state index in [0.29, 0.717) is 94.5 Å². The monoisotopic (exact) mass is 1380 g/mol. The molecule has 4 aliphatic rings. The van der Waals surface area contributed by atoms with Crippen LogP contribution < -0.4 is 20.7 Å². The highest BCUT2D eigenvalue weighted by molar-refractivity contribution is 8.13. The smallest absolute Gasteiger partial charge is 0.404 e. The van der Waals surface area contributed by atoms with E-state index in [4.69, 9.17) is 13.8 Å². The third kappa shape index (κ3) is 17.7. The van der Waals surface area contributed by atoms with Gasteiger partial charge in [0.15, 0.2) is 10.2 Å². The molecule has 0 bridgehead atoms. The minimum absolute atomic E-state index is 0.0261. The second-order valence-electron chi connectivity index (χ2n) is 25.2. The minimum atomic E-state index is -5.25. The lowest BCUT2D eigenvalue weighted by atomic mass is 9.85. The third-order valence-electron chi connectivity index (χ3n) is 17.3. The predicted octanol–water partition coefficient (Wildman–Crippen LogP) is 10.8. The van der Waals surface area contributed by atoms with E-state index in [2.05, 4.69) is 25.9 Å². The van der Waals surface area contributed by atoms with Crippen LogP contribution in [0, 0.1) is 12.3 Å². The quantitative estimate of drug-likeness (QED) is 0.0246. The summed E-state index contributed by atoms with van der Waals surface area (Å²) in [5.74, 6) is -1.12. The maximum absolute atomic E-state index is 16.5. The van der Waals surface area contributed by atoms with Gasteiger partial charge in [-0.3, -0.25) is 43.1 Å². The summed E-state index contributed by atoms with van der Waals surface area (Å²) in [5, 5.41) is 20.0. The fraction of sp³-hybridized carbons (Fsp3) is 0.561. The van der Waals surface area contributed by atoms with Crippen molar-refractivity contribution in [3.05, 3.63) is 99.8 Å². The van der Waals surface area contributed by atoms with Crippen LogP contribution in [0.2, 0.25) is 0 Å². The number of carbonyl (C=O) groups excluding carboxylic acids is 7. The van der Waals surface area contributed by atoms with E-state index in [-0.39, 0.29) is 99.9 Å². The Morgan fingerprint density at radius 3 is 2.25 bits per heavy atom. The Labute approximate surface area is 558 Å². The number of fused-ring (bicyclic) bond motifs is 2. The summed E-state index contributed by atoms with van der Waals surface area (Å²) >= 11 is 4.39. The number of thiazole rings is 1. The molecule has 9 rings (SSSR count). The SMILES string of the molecule is CCCC(=O)SCCOP(=O)(OCCSC(=O)CCC)C(F)(F)c1ccc2sc(C(=O)N[C@H]3CCC[C@H]4CC[C@@H](C(=O)N5CC(c6cnccc6OCCCCN[C@H](C(=O)N6C[C@H](O)C[C@H]6C(=O)NCc6ccc(-c7scnc7C)cc6)C(C)(C)C)C5)N4C3=O)cc2c1. The van der Waals surface area contributed by atoms with Gasteiger partial charge in [-0.15, -0.1) is 22.7 Å². The fourth-order valence-corrected chi connectivity index (χ4v) is 17.3. The molecule has 2 aromatic carbocycles. The lowest BCUT2D eigenvalue weighted by Gasteiger charge is -2.42. The molecular weight excluding hydrogens is 1290 g/mol. The molecule has 93 heavy (non-hydrogen) atoms. The number of alkyl halides is 2. The van der Waals surface area contributed by atoms with Gasteiger partial charge >= 0.3 is 13.3 Å². The van der Waals surface area contributed by atoms with Gasteiger partial charge in [-0.05, 0) is 117 Å². The van der Waals surface area contributed by atoms with Crippen LogP contribution in [-0.2, 0) is 54.6 Å². The normalized spacial score (nSPS) is 19.9. The summed E-state index contributed by atoms with van der Waals surface area (Å²) in [7, 11) is -5.25. The Morgan fingerprint density at radius 1 is 0.871 bits per heavy atom. The molecule has 4 aliphatic heterocycles. The van der Waals surface area contributed by atoms with E-state index < -0.39 is 73.6 Å². The van der Waals surface area contributed by atoms with E-state index >= 15 is 8.78 Å². The average Bonchev–Trinajstić information content (AvgIpc) is 0.967. The van der Waals surface area contributed by atoms with E-state index in [1.165, 1.54) is 17.0 Å². The summed E-state index contributed by atoms with van der Waals surface area (Å²) in [4.78, 5) is 110. The Kier molecular flexibility index (Phi) is 24.9. The van der Waals surface area contributed by atoms with Crippen LogP contribution in [-0.4, -0.2) is 163 Å². The Balaban J connectivity index is 0.745. The number of aliphatic hydroxyl groups is 1. The van der Waals surface area contributed by atoms with Gasteiger partial charge in [0.1, 0.15) is 23.9 Å². The van der Waals surface area contributed by atoms with Gasteiger partial charge in [-0.1, -0.05) is 88.5 Å². The van der Waals surface area contributed by atoms with E-state index in [0.717, 1.165) is 74.3 Å². The molecule has 20 nitrogen and oxygen atoms in total. The number of nitrogens with one attached hydrogen (secondary N) is 3. The highest BCUT2D eigenvalue weighted by Gasteiger charge is 2.55. The number of nitrogens with zero attached hydrogens (tertiary/aromatic N) is 5. The molecule has 7 heterocycles. The molecule has 0 aliphatic carbocycles. The summed E-state index contributed by atoms with van der Waals surface area (Å²) < 4.78 is 64.5. The Morgan fingerprint density at radius 2 is 1.58 bits per heavy atom. The number of hydrogen-bond donors (Lipinski definition) is 4. The summed E-state index contributed by atoms with van der Waals surface area (Å²) in [5.41, 5.74) is 0.247. The largest absolute Gasteiger partial charge is 0.493 e. The van der Waals surface area contributed by atoms with Gasteiger partial charge in [0, 0.05) is 97.1 Å². The van der Waals surface area contributed by atoms with Crippen molar-refractivity contribution in [2.24, 2.45) is 5.41 Å². The van der Waals surface area contributed by atoms with Crippen molar-refractivity contribution in [2.45, 2.75) is 173 Å². The number of ether oxygens (including phenoxy) is 1. The third-order valence-corrected chi connectivity index (χ3v) is 23.1. The van der Waals surface area contributed by atoms with E-state index in [9.17, 15) is 43.2 Å². The number of β-amino-alcohol motifs (C(OH)–C–C–N with tert-alkyl or cyclic N) is 1. The van der Waals surface area contributed by atoms with Crippen LogP contribution in [0.4, 0.5) is 8.78 Å². The number of carbonyl (C=O) groups is 7. The zero-order valence-electron chi connectivity index (χ0n) is 53.5. The Hall–Kier alpha value is -5.70. The highest BCUT2D eigenvalue weighted by Crippen LogP contribution is 2.67. The van der Waals surface area contributed by atoms with Crippen molar-refractivity contribution < 1.29 is 65.8 Å². The first-order valence-electron chi connectivity index (χ1n) is 32.1. The topological polar surface area (TPSA) is 256 Å². The molecule has 0 unspecified atom stereocenters. The van der Waals surface area contributed by atoms with Crippen molar-refractivity contribution in [1.29, 1.82) is 0 Å². The lowest BCUT2D eigenvalue weighted by Crippen LogP contribution is -2.58. The van der Waals surface area contributed by atoms with Crippen LogP contribution in [0.3, 0.4) is 0 Å². The number of hydrogen-bond acceptors (Lipinski definition) is 19. The number of unbranched alkanes of at least 4 members (excludes halogenated alkanes) is 1. The number of benzene rings is 2. The molecule has 0 saturated carbocycles. The van der Waals surface area contributed by atoms with Crippen molar-refractivity contribution in [3.8, 4) is 16.2 Å². The molecule has 4 N–H and O–H groups in total. The number of aliphatic hydroxyl groups excluding tert-OH is 1. The molecule has 5 amide bonds. The molecule has 4 saturated heterocycles. The molecule has 0 radical (unpaired) electrons. The number of thiophene rings is 1. The molecule has 5 aromatic rings. The molecule has 27 heteroatoms. The molecular formula is C66H85F2N8O12PS4. The second-order valence-corrected chi connectivity index (χ2v) is 31.5. The minimum Gasteiger partial charge on any atom is -0.493 e. The van der Waals surface area contributed by atoms with Gasteiger partial charge in [0.2, 0.25) is 23.6 Å². The van der Waals surface area contributed by atoms with Gasteiger partial charge in [-0.25, -0.2) is 4.98 Å². The number of aromatic nitrogens is 2. The van der Waals surface area contributed by atoms with Crippen molar-refractivity contribution >= 4 is 104 Å². The van der Waals surface area contributed by atoms with Crippen molar-refractivity contribution in [2.75, 3.05) is 57.5 Å². The first kappa shape index (κ1) is 71.6. The number of rotatable bonds is 30. The summed E-state index contributed by atoms with van der Waals surface area (Å²) in [6.07, 6.45) is 8.59.